The van der Waals surface area contributed by atoms with Crippen LogP contribution in [0.1, 0.15) is 33.8 Å². The molecule has 2 aromatic rings. The summed E-state index contributed by atoms with van der Waals surface area (Å²) in [7, 11) is 0. The minimum Gasteiger partial charge on any atom is -0.510 e. The van der Waals surface area contributed by atoms with Crippen molar-refractivity contribution in [3.8, 4) is 5.75 Å². The molecule has 0 aromatic heterocycles. The van der Waals surface area contributed by atoms with Gasteiger partial charge < -0.3 is 43.4 Å². The molecule has 0 bridgehead atoms. The Kier molecular flexibility index (Phi) is 6.36. The van der Waals surface area contributed by atoms with Crippen LogP contribution in [0.2, 0.25) is 0 Å². The highest BCUT2D eigenvalue weighted by molar-refractivity contribution is 7.98. The number of phenols is 1. The molecule has 0 radical (unpaired) electrons. The maximum Gasteiger partial charge on any atom is 0.255 e. The van der Waals surface area contributed by atoms with Crippen molar-refractivity contribution in [1.82, 2.24) is 0 Å². The van der Waals surface area contributed by atoms with Crippen LogP contribution in [0.5, 0.6) is 5.75 Å². The number of primary amides is 1. The first-order valence-electron chi connectivity index (χ1n) is 12.2. The van der Waals surface area contributed by atoms with Crippen LogP contribution in [0, 0.1) is 11.8 Å². The molecule has 5 atom stereocenters. The van der Waals surface area contributed by atoms with Crippen molar-refractivity contribution in [2.45, 2.75) is 29.7 Å². The van der Waals surface area contributed by atoms with Crippen molar-refractivity contribution in [3.05, 3.63) is 75.8 Å². The number of carbonyl (C=O) groups is 3. The number of rotatable bonds is 5. The molecule has 204 valence electrons. The molecule has 0 fully saturated rings. The van der Waals surface area contributed by atoms with Gasteiger partial charge in [-0.05, 0) is 29.5 Å². The maximum atomic E-state index is 13.8. The van der Waals surface area contributed by atoms with E-state index < -0.39 is 69.7 Å². The van der Waals surface area contributed by atoms with Crippen LogP contribution in [0.3, 0.4) is 0 Å². The SMILES string of the molecule is NC(=O)C1=C(O)[C@@H](N)[C@@H]2C[C@H]3C(=C(O)[C@]2(O)C1=O)C(=O)c1c(O)c(N)cc(N)c1[C@@H]3CSCc1ccccc1. The summed E-state index contributed by atoms with van der Waals surface area (Å²) < 4.78 is 0. The van der Waals surface area contributed by atoms with Crippen molar-refractivity contribution in [3.63, 3.8) is 0 Å². The van der Waals surface area contributed by atoms with E-state index in [1.54, 1.807) is 0 Å². The molecule has 5 rings (SSSR count). The quantitative estimate of drug-likeness (QED) is 0.113. The summed E-state index contributed by atoms with van der Waals surface area (Å²) in [5.41, 5.74) is 20.8. The molecule has 0 unspecified atom stereocenters. The minimum absolute atomic E-state index is 0.120. The van der Waals surface area contributed by atoms with E-state index in [0.717, 1.165) is 5.56 Å². The zero-order chi connectivity index (χ0) is 28.4. The van der Waals surface area contributed by atoms with Crippen molar-refractivity contribution in [2.75, 3.05) is 17.2 Å². The van der Waals surface area contributed by atoms with Gasteiger partial charge in [-0.3, -0.25) is 14.4 Å². The van der Waals surface area contributed by atoms with Gasteiger partial charge in [0, 0.05) is 34.6 Å². The monoisotopic (exact) mass is 552 g/mol. The average molecular weight is 553 g/mol. The molecule has 1 amide bonds. The summed E-state index contributed by atoms with van der Waals surface area (Å²) in [5, 5.41) is 44.3. The van der Waals surface area contributed by atoms with E-state index in [0.29, 0.717) is 17.1 Å². The molecule has 3 aliphatic rings. The normalized spacial score (nSPS) is 28.2. The second-order valence-corrected chi connectivity index (χ2v) is 11.1. The van der Waals surface area contributed by atoms with Gasteiger partial charge in [0.15, 0.2) is 11.4 Å². The number of phenolic OH excluding ortho intramolecular Hbond substituents is 1. The molecule has 3 aliphatic carbocycles. The van der Waals surface area contributed by atoms with E-state index in [4.69, 9.17) is 22.9 Å². The van der Waals surface area contributed by atoms with Crippen molar-refractivity contribution in [1.29, 1.82) is 0 Å². The van der Waals surface area contributed by atoms with E-state index in [1.807, 2.05) is 30.3 Å². The van der Waals surface area contributed by atoms with Gasteiger partial charge in [0.05, 0.1) is 17.3 Å². The van der Waals surface area contributed by atoms with E-state index >= 15 is 0 Å². The molecular formula is C27H28N4O7S. The largest absolute Gasteiger partial charge is 0.510 e. The lowest BCUT2D eigenvalue weighted by Crippen LogP contribution is -2.63. The number of hydrogen-bond donors (Lipinski definition) is 8. The van der Waals surface area contributed by atoms with Crippen LogP contribution in [-0.4, -0.2) is 55.3 Å². The number of thioether (sulfide) groups is 1. The Morgan fingerprint density at radius 1 is 1.08 bits per heavy atom. The second kappa shape index (κ2) is 9.33. The van der Waals surface area contributed by atoms with E-state index in [1.165, 1.54) is 17.8 Å². The fourth-order valence-electron chi connectivity index (χ4n) is 6.12. The summed E-state index contributed by atoms with van der Waals surface area (Å²) in [6.07, 6.45) is -0.120. The topological polar surface area (TPSA) is 236 Å². The van der Waals surface area contributed by atoms with Gasteiger partial charge in [-0.15, -0.1) is 0 Å². The molecule has 0 heterocycles. The van der Waals surface area contributed by atoms with E-state index in [2.05, 4.69) is 0 Å². The third-order valence-electron chi connectivity index (χ3n) is 8.00. The lowest BCUT2D eigenvalue weighted by atomic mass is 9.56. The molecule has 39 heavy (non-hydrogen) atoms. The second-order valence-electron chi connectivity index (χ2n) is 10.1. The first-order chi connectivity index (χ1) is 18.4. The molecule has 12 heteroatoms. The number of fused-ring (bicyclic) bond motifs is 3. The highest BCUT2D eigenvalue weighted by atomic mass is 32.2. The number of Topliss-reactive ketones (excluding diaryl/α,β-unsaturated/α-hetero) is 2. The molecule has 0 saturated heterocycles. The Bertz CT molecular complexity index is 1490. The number of ketones is 2. The number of allylic oxidation sites excluding steroid dienone is 1. The Morgan fingerprint density at radius 3 is 2.38 bits per heavy atom. The van der Waals surface area contributed by atoms with Crippen LogP contribution in [0.4, 0.5) is 11.4 Å². The fourth-order valence-corrected chi connectivity index (χ4v) is 7.32. The molecule has 0 saturated carbocycles. The number of aliphatic hydroxyl groups excluding tert-OH is 2. The van der Waals surface area contributed by atoms with Gasteiger partial charge in [0.25, 0.3) is 5.91 Å². The van der Waals surface area contributed by atoms with Crippen molar-refractivity contribution >= 4 is 40.6 Å². The van der Waals surface area contributed by atoms with Crippen LogP contribution in [-0.2, 0) is 15.3 Å². The van der Waals surface area contributed by atoms with Crippen LogP contribution >= 0.6 is 11.8 Å². The van der Waals surface area contributed by atoms with Gasteiger partial charge in [0.1, 0.15) is 22.8 Å². The Morgan fingerprint density at radius 2 is 1.74 bits per heavy atom. The fraction of sp³-hybridized carbons (Fsp3) is 0.296. The Hall–Kier alpha value is -4.00. The van der Waals surface area contributed by atoms with Crippen LogP contribution < -0.4 is 22.9 Å². The third-order valence-corrected chi connectivity index (χ3v) is 9.13. The first-order valence-corrected chi connectivity index (χ1v) is 13.3. The zero-order valence-corrected chi connectivity index (χ0v) is 21.4. The summed E-state index contributed by atoms with van der Waals surface area (Å²) in [6.45, 7) is 0. The van der Waals surface area contributed by atoms with Gasteiger partial charge >= 0.3 is 0 Å². The number of amides is 1. The predicted octanol–water partition coefficient (Wildman–Crippen LogP) is 1.16. The van der Waals surface area contributed by atoms with Gasteiger partial charge in [0.2, 0.25) is 5.78 Å². The average Bonchev–Trinajstić information content (AvgIpc) is 2.89. The van der Waals surface area contributed by atoms with Crippen molar-refractivity contribution in [2.24, 2.45) is 23.3 Å². The summed E-state index contributed by atoms with van der Waals surface area (Å²) in [5.74, 6) is -7.56. The number of nitrogens with two attached hydrogens (primary N) is 4. The number of nitrogen functional groups attached to an aromatic ring is 2. The highest BCUT2D eigenvalue weighted by Gasteiger charge is 2.63. The molecule has 2 aromatic carbocycles. The lowest BCUT2D eigenvalue weighted by Gasteiger charge is -2.49. The number of benzene rings is 2. The van der Waals surface area contributed by atoms with Gasteiger partial charge in [-0.1, -0.05) is 30.3 Å². The van der Waals surface area contributed by atoms with E-state index in [9.17, 15) is 34.8 Å². The van der Waals surface area contributed by atoms with Crippen molar-refractivity contribution < 1.29 is 34.8 Å². The van der Waals surface area contributed by atoms with Crippen LogP contribution in [0.15, 0.2) is 59.1 Å². The number of hydrogen-bond acceptors (Lipinski definition) is 11. The summed E-state index contributed by atoms with van der Waals surface area (Å²) in [6, 6.07) is 9.55. The number of carbonyl (C=O) groups excluding carboxylic acids is 3. The summed E-state index contributed by atoms with van der Waals surface area (Å²) >= 11 is 1.52. The molecule has 0 aliphatic heterocycles. The zero-order valence-electron chi connectivity index (χ0n) is 20.6. The standard InChI is InChI=1S/C27H28N4O7S/c28-14-7-15(29)21(32)18-16(14)12(9-39-8-10-4-2-1-3-5-10)11-6-13-20(30)23(34)19(26(31)37)25(36)27(13,38)24(35)17(11)22(18)33/h1-5,7,11-13,20,32,34-35,38H,6,8-9,28-30H2,(H2,31,37)/t11-,12-,13+,20+,27+/m1/s1. The third kappa shape index (κ3) is 3.78. The number of aromatic hydroxyl groups is 1. The van der Waals surface area contributed by atoms with Crippen LogP contribution in [0.25, 0.3) is 0 Å². The lowest BCUT2D eigenvalue weighted by molar-refractivity contribution is -0.145. The number of anilines is 2. The minimum atomic E-state index is -2.79. The predicted molar refractivity (Wildman–Crippen MR) is 145 cm³/mol. The van der Waals surface area contributed by atoms with E-state index in [-0.39, 0.29) is 28.9 Å². The molecule has 11 nitrogen and oxygen atoms in total. The Labute approximate surface area is 227 Å². The molecule has 12 N–H and O–H groups in total. The first kappa shape index (κ1) is 26.6. The highest BCUT2D eigenvalue weighted by Crippen LogP contribution is 2.56. The molecular weight excluding hydrogens is 524 g/mol. The smallest absolute Gasteiger partial charge is 0.255 e. The molecule has 0 spiro atoms. The Balaban J connectivity index is 1.67. The maximum absolute atomic E-state index is 13.8. The van der Waals surface area contributed by atoms with Gasteiger partial charge in [-0.25, -0.2) is 0 Å². The summed E-state index contributed by atoms with van der Waals surface area (Å²) in [4.78, 5) is 39.0. The number of aliphatic hydroxyl groups is 3. The van der Waals surface area contributed by atoms with Gasteiger partial charge in [-0.2, -0.15) is 11.8 Å².